The molecular formula is C23H29ClN2O3. The largest absolute Gasteiger partial charge is 0.389 e. The molecule has 6 heteroatoms. The fraction of sp³-hybridized carbons (Fsp3) is 0.435. The molecule has 3 rings (SSSR count). The van der Waals surface area contributed by atoms with E-state index in [0.29, 0.717) is 18.2 Å². The van der Waals surface area contributed by atoms with Crippen molar-refractivity contribution < 1.29 is 14.6 Å². The molecule has 1 aliphatic heterocycles. The van der Waals surface area contributed by atoms with Crippen LogP contribution in [0.15, 0.2) is 48.5 Å². The molecule has 29 heavy (non-hydrogen) atoms. The number of anilines is 1. The maximum absolute atomic E-state index is 11.4. The molecule has 0 aromatic heterocycles. The van der Waals surface area contributed by atoms with E-state index in [2.05, 4.69) is 9.80 Å². The fourth-order valence-electron chi connectivity index (χ4n) is 3.53. The molecule has 156 valence electrons. The molecule has 2 aromatic carbocycles. The number of hydrogen-bond acceptors (Lipinski definition) is 5. The molecule has 0 radical (unpaired) electrons. The SMILES string of the molecule is CC(=O)c1ccc(N2CCN(CC(O)COC(C)c3ccc(Cl)cc3)CC2)cc1. The van der Waals surface area contributed by atoms with E-state index in [-0.39, 0.29) is 11.9 Å². The zero-order valence-corrected chi connectivity index (χ0v) is 17.8. The summed E-state index contributed by atoms with van der Waals surface area (Å²) in [4.78, 5) is 16.0. The molecule has 5 nitrogen and oxygen atoms in total. The van der Waals surface area contributed by atoms with Crippen LogP contribution in [0.5, 0.6) is 0 Å². The van der Waals surface area contributed by atoms with Gasteiger partial charge in [0.2, 0.25) is 0 Å². The number of Topliss-reactive ketones (excluding diaryl/α,β-unsaturated/α-hetero) is 1. The van der Waals surface area contributed by atoms with Crippen molar-refractivity contribution in [2.75, 3.05) is 44.2 Å². The second-order valence-corrected chi connectivity index (χ2v) is 8.01. The van der Waals surface area contributed by atoms with Crippen LogP contribution in [-0.2, 0) is 4.74 Å². The highest BCUT2D eigenvalue weighted by Crippen LogP contribution is 2.20. The van der Waals surface area contributed by atoms with Gasteiger partial charge in [-0.25, -0.2) is 0 Å². The molecule has 1 N–H and O–H groups in total. The van der Waals surface area contributed by atoms with Crippen molar-refractivity contribution in [1.29, 1.82) is 0 Å². The summed E-state index contributed by atoms with van der Waals surface area (Å²) in [5.41, 5.74) is 2.92. The average Bonchev–Trinajstić information content (AvgIpc) is 2.73. The molecule has 0 spiro atoms. The number of halogens is 1. The van der Waals surface area contributed by atoms with Crippen LogP contribution in [-0.4, -0.2) is 61.2 Å². The van der Waals surface area contributed by atoms with Gasteiger partial charge in [0.1, 0.15) is 0 Å². The van der Waals surface area contributed by atoms with E-state index in [1.165, 1.54) is 0 Å². The number of carbonyl (C=O) groups is 1. The van der Waals surface area contributed by atoms with E-state index in [9.17, 15) is 9.90 Å². The maximum atomic E-state index is 11.4. The summed E-state index contributed by atoms with van der Waals surface area (Å²) in [6.07, 6.45) is -0.608. The predicted molar refractivity (Wildman–Crippen MR) is 117 cm³/mol. The summed E-state index contributed by atoms with van der Waals surface area (Å²) < 4.78 is 5.83. The van der Waals surface area contributed by atoms with E-state index >= 15 is 0 Å². The molecule has 2 unspecified atom stereocenters. The van der Waals surface area contributed by atoms with E-state index in [1.54, 1.807) is 6.92 Å². The Morgan fingerprint density at radius 3 is 2.28 bits per heavy atom. The number of nitrogens with zero attached hydrogens (tertiary/aromatic N) is 2. The molecule has 1 heterocycles. The Bertz CT molecular complexity index is 787. The Hall–Kier alpha value is -1.92. The first-order chi connectivity index (χ1) is 13.9. The topological polar surface area (TPSA) is 53.0 Å². The van der Waals surface area contributed by atoms with Gasteiger partial charge in [-0.05, 0) is 55.8 Å². The first-order valence-electron chi connectivity index (χ1n) is 10.1. The highest BCUT2D eigenvalue weighted by atomic mass is 35.5. The number of carbonyl (C=O) groups excluding carboxylic acids is 1. The van der Waals surface area contributed by atoms with Gasteiger partial charge in [-0.1, -0.05) is 23.7 Å². The Morgan fingerprint density at radius 1 is 1.07 bits per heavy atom. The number of ketones is 1. The monoisotopic (exact) mass is 416 g/mol. The molecular weight excluding hydrogens is 388 g/mol. The fourth-order valence-corrected chi connectivity index (χ4v) is 3.66. The normalized spacial score (nSPS) is 17.2. The number of benzene rings is 2. The second kappa shape index (κ2) is 10.2. The molecule has 2 aromatic rings. The lowest BCUT2D eigenvalue weighted by atomic mass is 10.1. The molecule has 0 bridgehead atoms. The summed E-state index contributed by atoms with van der Waals surface area (Å²) >= 11 is 5.92. The highest BCUT2D eigenvalue weighted by Gasteiger charge is 2.20. The average molecular weight is 417 g/mol. The number of ether oxygens (including phenoxy) is 1. The third-order valence-corrected chi connectivity index (χ3v) is 5.61. The molecule has 0 amide bonds. The van der Waals surface area contributed by atoms with Gasteiger partial charge in [-0.15, -0.1) is 0 Å². The van der Waals surface area contributed by atoms with Crippen molar-refractivity contribution >= 4 is 23.1 Å². The third-order valence-electron chi connectivity index (χ3n) is 5.36. The lowest BCUT2D eigenvalue weighted by Crippen LogP contribution is -2.49. The van der Waals surface area contributed by atoms with Crippen LogP contribution in [0.1, 0.15) is 35.9 Å². The number of aliphatic hydroxyl groups is 1. The molecule has 1 aliphatic rings. The highest BCUT2D eigenvalue weighted by molar-refractivity contribution is 6.30. The lowest BCUT2D eigenvalue weighted by molar-refractivity contribution is -0.0162. The summed E-state index contributed by atoms with van der Waals surface area (Å²) in [5, 5.41) is 11.1. The number of β-amino-alcohol motifs (C(OH)–C–C–N with tert-alkyl or cyclic N) is 1. The number of aliphatic hydroxyl groups excluding tert-OH is 1. The van der Waals surface area contributed by atoms with Crippen LogP contribution in [0.3, 0.4) is 0 Å². The van der Waals surface area contributed by atoms with Gasteiger partial charge in [0.05, 0.1) is 18.8 Å². The van der Waals surface area contributed by atoms with Crippen molar-refractivity contribution in [3.63, 3.8) is 0 Å². The second-order valence-electron chi connectivity index (χ2n) is 7.57. The Labute approximate surface area is 177 Å². The van der Waals surface area contributed by atoms with Crippen LogP contribution in [0.25, 0.3) is 0 Å². The molecule has 0 saturated carbocycles. The van der Waals surface area contributed by atoms with E-state index < -0.39 is 6.10 Å². The van der Waals surface area contributed by atoms with Gasteiger partial charge < -0.3 is 14.7 Å². The quantitative estimate of drug-likeness (QED) is 0.663. The Kier molecular flexibility index (Phi) is 7.67. The van der Waals surface area contributed by atoms with Gasteiger partial charge >= 0.3 is 0 Å². The van der Waals surface area contributed by atoms with Crippen LogP contribution >= 0.6 is 11.6 Å². The van der Waals surface area contributed by atoms with Gasteiger partial charge in [-0.3, -0.25) is 9.69 Å². The Balaban J connectivity index is 1.40. The minimum absolute atomic E-state index is 0.0861. The van der Waals surface area contributed by atoms with Crippen LogP contribution in [0.2, 0.25) is 5.02 Å². The summed E-state index contributed by atoms with van der Waals surface area (Å²) in [7, 11) is 0. The van der Waals surface area contributed by atoms with Crippen molar-refractivity contribution in [2.45, 2.75) is 26.1 Å². The smallest absolute Gasteiger partial charge is 0.159 e. The number of hydrogen-bond donors (Lipinski definition) is 1. The van der Waals surface area contributed by atoms with Crippen molar-refractivity contribution in [2.24, 2.45) is 0 Å². The van der Waals surface area contributed by atoms with Crippen LogP contribution in [0.4, 0.5) is 5.69 Å². The molecule has 2 atom stereocenters. The van der Waals surface area contributed by atoms with Crippen molar-refractivity contribution in [3.05, 3.63) is 64.7 Å². The lowest BCUT2D eigenvalue weighted by Gasteiger charge is -2.37. The minimum atomic E-state index is -0.522. The van der Waals surface area contributed by atoms with Crippen molar-refractivity contribution in [1.82, 2.24) is 4.90 Å². The maximum Gasteiger partial charge on any atom is 0.159 e. The van der Waals surface area contributed by atoms with Gasteiger partial charge in [0.15, 0.2) is 5.78 Å². The first kappa shape index (κ1) is 21.8. The zero-order valence-electron chi connectivity index (χ0n) is 17.1. The first-order valence-corrected chi connectivity index (χ1v) is 10.4. The van der Waals surface area contributed by atoms with Gasteiger partial charge in [-0.2, -0.15) is 0 Å². The van der Waals surface area contributed by atoms with Crippen LogP contribution < -0.4 is 4.90 Å². The zero-order chi connectivity index (χ0) is 20.8. The molecule has 1 fully saturated rings. The van der Waals surface area contributed by atoms with Gasteiger partial charge in [0.25, 0.3) is 0 Å². The van der Waals surface area contributed by atoms with E-state index in [0.717, 1.165) is 43.0 Å². The van der Waals surface area contributed by atoms with Gasteiger partial charge in [0, 0.05) is 49.0 Å². The summed E-state index contributed by atoms with van der Waals surface area (Å²) in [6.45, 7) is 8.03. The Morgan fingerprint density at radius 2 is 1.69 bits per heavy atom. The predicted octanol–water partition coefficient (Wildman–Crippen LogP) is 3.80. The summed E-state index contributed by atoms with van der Waals surface area (Å²) in [6, 6.07) is 15.4. The minimum Gasteiger partial charge on any atom is -0.389 e. The standard InChI is InChI=1S/C23H29ClN2O3/c1-17(27)19-5-9-22(10-6-19)26-13-11-25(12-14-26)15-23(28)16-29-18(2)20-3-7-21(24)8-4-20/h3-10,18,23,28H,11-16H2,1-2H3. The molecule has 1 saturated heterocycles. The number of piperazine rings is 1. The van der Waals surface area contributed by atoms with Crippen LogP contribution in [0, 0.1) is 0 Å². The third kappa shape index (κ3) is 6.28. The molecule has 0 aliphatic carbocycles. The van der Waals surface area contributed by atoms with E-state index in [4.69, 9.17) is 16.3 Å². The number of rotatable bonds is 8. The van der Waals surface area contributed by atoms with E-state index in [1.807, 2.05) is 55.5 Å². The van der Waals surface area contributed by atoms with Crippen molar-refractivity contribution in [3.8, 4) is 0 Å². The summed E-state index contributed by atoms with van der Waals surface area (Å²) in [5.74, 6) is 0.0861.